The Labute approximate surface area is 136 Å². The van der Waals surface area contributed by atoms with Gasteiger partial charge in [0, 0.05) is 37.9 Å². The second-order valence-corrected chi connectivity index (χ2v) is 6.70. The molecule has 0 bridgehead atoms. The molecule has 0 unspecified atom stereocenters. The van der Waals surface area contributed by atoms with Crippen molar-refractivity contribution >= 4 is 11.8 Å². The van der Waals surface area contributed by atoms with Crippen LogP contribution in [0.1, 0.15) is 45.2 Å². The predicted molar refractivity (Wildman–Crippen MR) is 85.3 cm³/mol. The van der Waals surface area contributed by atoms with Crippen molar-refractivity contribution in [3.05, 3.63) is 24.3 Å². The van der Waals surface area contributed by atoms with Crippen LogP contribution in [-0.2, 0) is 15.1 Å². The molecule has 0 spiro atoms. The van der Waals surface area contributed by atoms with Gasteiger partial charge in [0.15, 0.2) is 5.54 Å². The quantitative estimate of drug-likeness (QED) is 0.849. The van der Waals surface area contributed by atoms with Crippen molar-refractivity contribution in [3.63, 3.8) is 0 Å². The van der Waals surface area contributed by atoms with Gasteiger partial charge in [-0.15, -0.1) is 0 Å². The van der Waals surface area contributed by atoms with E-state index in [-0.39, 0.29) is 17.7 Å². The van der Waals surface area contributed by atoms with Crippen LogP contribution in [0.25, 0.3) is 0 Å². The molecule has 2 saturated heterocycles. The summed E-state index contributed by atoms with van der Waals surface area (Å²) in [7, 11) is 0. The Morgan fingerprint density at radius 3 is 2.48 bits per heavy atom. The fourth-order valence-corrected chi connectivity index (χ4v) is 3.72. The topological polar surface area (TPSA) is 66.4 Å². The van der Waals surface area contributed by atoms with Crippen LogP contribution in [0.5, 0.6) is 0 Å². The molecule has 2 aliphatic heterocycles. The normalized spacial score (nSPS) is 24.5. The van der Waals surface area contributed by atoms with E-state index in [2.05, 4.69) is 9.97 Å². The summed E-state index contributed by atoms with van der Waals surface area (Å²) in [5.74, 6) is -0.113. The lowest BCUT2D eigenvalue weighted by molar-refractivity contribution is -0.153. The van der Waals surface area contributed by atoms with E-state index in [9.17, 15) is 9.59 Å². The molecule has 0 aromatic carbocycles. The minimum atomic E-state index is -0.972. The Morgan fingerprint density at radius 1 is 1.13 bits per heavy atom. The van der Waals surface area contributed by atoms with Crippen molar-refractivity contribution in [3.8, 4) is 0 Å². The van der Waals surface area contributed by atoms with Crippen LogP contribution in [0.15, 0.2) is 18.6 Å². The Bertz CT molecular complexity index is 584. The molecule has 2 amide bonds. The molecular weight excluding hydrogens is 292 g/mol. The molecule has 124 valence electrons. The number of aromatic nitrogens is 2. The van der Waals surface area contributed by atoms with Gasteiger partial charge in [-0.2, -0.15) is 0 Å². The van der Waals surface area contributed by atoms with E-state index in [0.717, 1.165) is 32.4 Å². The highest BCUT2D eigenvalue weighted by Gasteiger charge is 2.54. The minimum Gasteiger partial charge on any atom is -0.340 e. The fraction of sp³-hybridized carbons (Fsp3) is 0.647. The first kappa shape index (κ1) is 15.9. The largest absolute Gasteiger partial charge is 0.340 e. The smallest absolute Gasteiger partial charge is 0.254 e. The maximum Gasteiger partial charge on any atom is 0.254 e. The maximum absolute atomic E-state index is 13.4. The summed E-state index contributed by atoms with van der Waals surface area (Å²) in [5, 5.41) is 0. The van der Waals surface area contributed by atoms with Crippen molar-refractivity contribution in [2.75, 3.05) is 19.6 Å². The predicted octanol–water partition coefficient (Wildman–Crippen LogP) is 1.57. The highest BCUT2D eigenvalue weighted by Crippen LogP contribution is 2.41. The van der Waals surface area contributed by atoms with Gasteiger partial charge < -0.3 is 9.80 Å². The average molecular weight is 316 g/mol. The van der Waals surface area contributed by atoms with Gasteiger partial charge in [0.25, 0.3) is 5.91 Å². The number of carbonyl (C=O) groups excluding carboxylic acids is 2. The van der Waals surface area contributed by atoms with Gasteiger partial charge in [-0.3, -0.25) is 19.6 Å². The number of nitrogens with zero attached hydrogens (tertiary/aromatic N) is 4. The van der Waals surface area contributed by atoms with Crippen LogP contribution in [0.2, 0.25) is 0 Å². The van der Waals surface area contributed by atoms with Gasteiger partial charge in [0.1, 0.15) is 0 Å². The standard InChI is InChI=1S/C17H24N4O2/c1-13(2)15(22)21-11-5-6-17(21,14-12-18-7-8-19-14)16(23)20-9-3-4-10-20/h7-8,12-13H,3-6,9-11H2,1-2H3/t17-/m0/s1. The van der Waals surface area contributed by atoms with Gasteiger partial charge in [0.2, 0.25) is 5.91 Å². The molecule has 3 heterocycles. The maximum atomic E-state index is 13.4. The molecule has 6 nitrogen and oxygen atoms in total. The van der Waals surface area contributed by atoms with Gasteiger partial charge in [-0.1, -0.05) is 13.8 Å². The van der Waals surface area contributed by atoms with E-state index in [1.165, 1.54) is 0 Å². The van der Waals surface area contributed by atoms with Crippen LogP contribution in [-0.4, -0.2) is 51.2 Å². The van der Waals surface area contributed by atoms with Crippen molar-refractivity contribution in [1.29, 1.82) is 0 Å². The second-order valence-electron chi connectivity index (χ2n) is 6.70. The molecule has 1 aromatic heterocycles. The van der Waals surface area contributed by atoms with Gasteiger partial charge in [-0.25, -0.2) is 0 Å². The van der Waals surface area contributed by atoms with Crippen LogP contribution in [0, 0.1) is 5.92 Å². The van der Waals surface area contributed by atoms with E-state index in [1.54, 1.807) is 23.5 Å². The molecule has 2 fully saturated rings. The summed E-state index contributed by atoms with van der Waals surface area (Å²) in [6.07, 6.45) is 8.33. The lowest BCUT2D eigenvalue weighted by atomic mass is 9.89. The number of hydrogen-bond donors (Lipinski definition) is 0. The molecule has 0 aliphatic carbocycles. The number of carbonyl (C=O) groups is 2. The van der Waals surface area contributed by atoms with Crippen molar-refractivity contribution in [2.24, 2.45) is 5.92 Å². The summed E-state index contributed by atoms with van der Waals surface area (Å²) in [6, 6.07) is 0. The summed E-state index contributed by atoms with van der Waals surface area (Å²) in [5.41, 5.74) is -0.372. The summed E-state index contributed by atoms with van der Waals surface area (Å²) in [6.45, 7) is 5.90. The first-order valence-electron chi connectivity index (χ1n) is 8.44. The van der Waals surface area contributed by atoms with Crippen LogP contribution >= 0.6 is 0 Å². The first-order valence-corrected chi connectivity index (χ1v) is 8.44. The molecule has 6 heteroatoms. The summed E-state index contributed by atoms with van der Waals surface area (Å²) >= 11 is 0. The van der Waals surface area contributed by atoms with Gasteiger partial charge in [0.05, 0.1) is 11.9 Å². The summed E-state index contributed by atoms with van der Waals surface area (Å²) < 4.78 is 0. The van der Waals surface area contributed by atoms with E-state index in [1.807, 2.05) is 18.7 Å². The van der Waals surface area contributed by atoms with E-state index >= 15 is 0 Å². The average Bonchev–Trinajstić information content (AvgIpc) is 3.24. The zero-order valence-electron chi connectivity index (χ0n) is 13.9. The van der Waals surface area contributed by atoms with E-state index < -0.39 is 5.54 Å². The lowest BCUT2D eigenvalue weighted by Crippen LogP contribution is -2.56. The first-order chi connectivity index (χ1) is 11.1. The zero-order valence-corrected chi connectivity index (χ0v) is 13.9. The van der Waals surface area contributed by atoms with Gasteiger partial charge in [-0.05, 0) is 25.7 Å². The van der Waals surface area contributed by atoms with E-state index in [4.69, 9.17) is 0 Å². The number of likely N-dealkylation sites (tertiary alicyclic amines) is 2. The Balaban J connectivity index is 2.06. The molecule has 0 N–H and O–H groups in total. The third-order valence-electron chi connectivity index (χ3n) is 4.88. The Kier molecular flexibility index (Phi) is 4.33. The zero-order chi connectivity index (χ0) is 16.4. The minimum absolute atomic E-state index is 0.0145. The molecule has 23 heavy (non-hydrogen) atoms. The second kappa shape index (κ2) is 6.26. The van der Waals surface area contributed by atoms with Crippen LogP contribution < -0.4 is 0 Å². The van der Waals surface area contributed by atoms with Crippen molar-refractivity contribution < 1.29 is 9.59 Å². The fourth-order valence-electron chi connectivity index (χ4n) is 3.72. The van der Waals surface area contributed by atoms with Crippen molar-refractivity contribution in [1.82, 2.24) is 19.8 Å². The molecule has 1 aromatic rings. The van der Waals surface area contributed by atoms with E-state index in [0.29, 0.717) is 18.7 Å². The van der Waals surface area contributed by atoms with Crippen molar-refractivity contribution in [2.45, 2.75) is 45.1 Å². The van der Waals surface area contributed by atoms with Gasteiger partial charge >= 0.3 is 0 Å². The molecule has 3 rings (SSSR count). The number of hydrogen-bond acceptors (Lipinski definition) is 4. The molecule has 2 aliphatic rings. The summed E-state index contributed by atoms with van der Waals surface area (Å²) in [4.78, 5) is 38.3. The third-order valence-corrected chi connectivity index (χ3v) is 4.88. The monoisotopic (exact) mass is 316 g/mol. The van der Waals surface area contributed by atoms with Crippen LogP contribution in [0.3, 0.4) is 0 Å². The molecule has 0 saturated carbocycles. The molecule has 1 atom stereocenters. The number of amides is 2. The Morgan fingerprint density at radius 2 is 1.87 bits per heavy atom. The SMILES string of the molecule is CC(C)C(=O)N1CCC[C@@]1(C(=O)N1CCCC1)c1cnccn1. The van der Waals surface area contributed by atoms with Crippen LogP contribution in [0.4, 0.5) is 0 Å². The number of rotatable bonds is 3. The Hall–Kier alpha value is -1.98. The lowest BCUT2D eigenvalue weighted by Gasteiger charge is -2.39. The highest BCUT2D eigenvalue weighted by molar-refractivity contribution is 5.93. The molecular formula is C17H24N4O2. The highest BCUT2D eigenvalue weighted by atomic mass is 16.2. The third kappa shape index (κ3) is 2.60. The molecule has 0 radical (unpaired) electrons.